The SMILES string of the molecule is CSc1ccc(-c2cc(C(=O)O)c3cccc(C)c3n2)cc1. The molecule has 0 saturated carbocycles. The van der Waals surface area contributed by atoms with Crippen LogP contribution in [-0.4, -0.2) is 22.3 Å². The molecule has 3 aromatic rings. The van der Waals surface area contributed by atoms with Crippen LogP contribution in [0.3, 0.4) is 0 Å². The maximum atomic E-state index is 11.6. The van der Waals surface area contributed by atoms with Crippen molar-refractivity contribution in [2.24, 2.45) is 0 Å². The molecule has 0 bridgehead atoms. The fraction of sp³-hybridized carbons (Fsp3) is 0.111. The van der Waals surface area contributed by atoms with E-state index < -0.39 is 5.97 Å². The number of aryl methyl sites for hydroxylation is 1. The van der Waals surface area contributed by atoms with Crippen LogP contribution in [0.15, 0.2) is 53.4 Å². The molecule has 3 rings (SSSR count). The second-order valence-corrected chi connectivity index (χ2v) is 5.94. The highest BCUT2D eigenvalue weighted by molar-refractivity contribution is 7.98. The first-order chi connectivity index (χ1) is 10.6. The van der Waals surface area contributed by atoms with Crippen molar-refractivity contribution in [2.45, 2.75) is 11.8 Å². The molecule has 3 nitrogen and oxygen atoms in total. The number of nitrogens with zero attached hydrogens (tertiary/aromatic N) is 1. The van der Waals surface area contributed by atoms with Gasteiger partial charge in [0.1, 0.15) is 0 Å². The summed E-state index contributed by atoms with van der Waals surface area (Å²) in [6, 6.07) is 15.3. The summed E-state index contributed by atoms with van der Waals surface area (Å²) >= 11 is 1.67. The number of para-hydroxylation sites is 1. The number of fused-ring (bicyclic) bond motifs is 1. The highest BCUT2D eigenvalue weighted by Gasteiger charge is 2.13. The van der Waals surface area contributed by atoms with Gasteiger partial charge in [0.05, 0.1) is 16.8 Å². The van der Waals surface area contributed by atoms with Gasteiger partial charge in [0.2, 0.25) is 0 Å². The van der Waals surface area contributed by atoms with Crippen LogP contribution in [-0.2, 0) is 0 Å². The second kappa shape index (κ2) is 5.81. The van der Waals surface area contributed by atoms with E-state index in [9.17, 15) is 9.90 Å². The van der Waals surface area contributed by atoms with E-state index in [1.54, 1.807) is 23.9 Å². The molecule has 1 heterocycles. The zero-order chi connectivity index (χ0) is 15.7. The quantitative estimate of drug-likeness (QED) is 0.717. The number of benzene rings is 2. The summed E-state index contributed by atoms with van der Waals surface area (Å²) in [5.41, 5.74) is 3.61. The first-order valence-corrected chi connectivity index (χ1v) is 8.10. The number of carboxylic acid groups (broad SMARTS) is 1. The standard InChI is InChI=1S/C18H15NO2S/c1-11-4-3-5-14-15(18(20)21)10-16(19-17(11)14)12-6-8-13(22-2)9-7-12/h3-10H,1-2H3,(H,20,21). The molecule has 110 valence electrons. The zero-order valence-corrected chi connectivity index (χ0v) is 13.1. The van der Waals surface area contributed by atoms with Crippen LogP contribution >= 0.6 is 11.8 Å². The van der Waals surface area contributed by atoms with E-state index in [-0.39, 0.29) is 5.56 Å². The number of rotatable bonds is 3. The van der Waals surface area contributed by atoms with Gasteiger partial charge >= 0.3 is 5.97 Å². The Balaban J connectivity index is 2.25. The molecular weight excluding hydrogens is 294 g/mol. The summed E-state index contributed by atoms with van der Waals surface area (Å²) in [5.74, 6) is -0.931. The molecule has 1 aromatic heterocycles. The molecule has 0 saturated heterocycles. The monoisotopic (exact) mass is 309 g/mol. The van der Waals surface area contributed by atoms with E-state index in [2.05, 4.69) is 4.98 Å². The summed E-state index contributed by atoms with van der Waals surface area (Å²) in [6.07, 6.45) is 2.02. The van der Waals surface area contributed by atoms with Gasteiger partial charge in [-0.1, -0.05) is 30.3 Å². The molecule has 0 aliphatic rings. The predicted molar refractivity (Wildman–Crippen MR) is 90.7 cm³/mol. The van der Waals surface area contributed by atoms with Gasteiger partial charge in [-0.2, -0.15) is 0 Å². The summed E-state index contributed by atoms with van der Waals surface area (Å²) in [7, 11) is 0. The Bertz CT molecular complexity index is 857. The fourth-order valence-corrected chi connectivity index (χ4v) is 2.89. The minimum Gasteiger partial charge on any atom is -0.478 e. The molecule has 0 aliphatic carbocycles. The zero-order valence-electron chi connectivity index (χ0n) is 12.3. The summed E-state index contributed by atoms with van der Waals surface area (Å²) in [4.78, 5) is 17.4. The fourth-order valence-electron chi connectivity index (χ4n) is 2.48. The molecule has 1 N–H and O–H groups in total. The molecule has 2 aromatic carbocycles. The van der Waals surface area contributed by atoms with Crippen molar-refractivity contribution in [3.05, 3.63) is 59.7 Å². The lowest BCUT2D eigenvalue weighted by molar-refractivity contribution is 0.0699. The number of carbonyl (C=O) groups is 1. The van der Waals surface area contributed by atoms with Crippen LogP contribution < -0.4 is 0 Å². The van der Waals surface area contributed by atoms with E-state index in [4.69, 9.17) is 0 Å². The van der Waals surface area contributed by atoms with E-state index in [1.807, 2.05) is 49.6 Å². The number of aromatic carboxylic acids is 1. The van der Waals surface area contributed by atoms with Gasteiger partial charge in [-0.25, -0.2) is 9.78 Å². The molecule has 0 aliphatic heterocycles. The lowest BCUT2D eigenvalue weighted by Gasteiger charge is -2.09. The largest absolute Gasteiger partial charge is 0.478 e. The molecule has 0 unspecified atom stereocenters. The lowest BCUT2D eigenvalue weighted by Crippen LogP contribution is -2.01. The average Bonchev–Trinajstić information content (AvgIpc) is 2.54. The van der Waals surface area contributed by atoms with Crippen molar-refractivity contribution in [2.75, 3.05) is 6.26 Å². The van der Waals surface area contributed by atoms with Crippen molar-refractivity contribution < 1.29 is 9.90 Å². The summed E-state index contributed by atoms with van der Waals surface area (Å²) in [6.45, 7) is 1.95. The van der Waals surface area contributed by atoms with Crippen LogP contribution in [0.1, 0.15) is 15.9 Å². The van der Waals surface area contributed by atoms with Gasteiger partial charge < -0.3 is 5.11 Å². The van der Waals surface area contributed by atoms with Crippen molar-refractivity contribution >= 4 is 28.6 Å². The minimum atomic E-state index is -0.931. The average molecular weight is 309 g/mol. The molecule has 0 amide bonds. The van der Waals surface area contributed by atoms with Crippen molar-refractivity contribution in [3.63, 3.8) is 0 Å². The maximum absolute atomic E-state index is 11.6. The van der Waals surface area contributed by atoms with Crippen LogP contribution in [0, 0.1) is 6.92 Å². The van der Waals surface area contributed by atoms with Crippen LogP contribution in [0.25, 0.3) is 22.2 Å². The molecule has 22 heavy (non-hydrogen) atoms. The third-order valence-corrected chi connectivity index (χ3v) is 4.40. The topological polar surface area (TPSA) is 50.2 Å². The number of aromatic nitrogens is 1. The maximum Gasteiger partial charge on any atom is 0.336 e. The Kier molecular flexibility index (Phi) is 3.86. The Morgan fingerprint density at radius 3 is 2.50 bits per heavy atom. The van der Waals surface area contributed by atoms with Crippen molar-refractivity contribution in [1.29, 1.82) is 0 Å². The highest BCUT2D eigenvalue weighted by Crippen LogP contribution is 2.28. The van der Waals surface area contributed by atoms with Crippen LogP contribution in [0.5, 0.6) is 0 Å². The third kappa shape index (κ3) is 2.57. The van der Waals surface area contributed by atoms with Gasteiger partial charge in [0, 0.05) is 15.8 Å². The van der Waals surface area contributed by atoms with Gasteiger partial charge in [-0.05, 0) is 36.9 Å². The molecule has 0 spiro atoms. The van der Waals surface area contributed by atoms with E-state index in [1.165, 1.54) is 4.90 Å². The van der Waals surface area contributed by atoms with Gasteiger partial charge in [0.15, 0.2) is 0 Å². The van der Waals surface area contributed by atoms with Gasteiger partial charge in [-0.15, -0.1) is 11.8 Å². The number of hydrogen-bond acceptors (Lipinski definition) is 3. The van der Waals surface area contributed by atoms with Gasteiger partial charge in [0.25, 0.3) is 0 Å². The summed E-state index contributed by atoms with van der Waals surface area (Å²) in [5, 5.41) is 10.2. The highest BCUT2D eigenvalue weighted by atomic mass is 32.2. The molecule has 0 radical (unpaired) electrons. The molecule has 0 atom stereocenters. The first kappa shape index (κ1) is 14.6. The van der Waals surface area contributed by atoms with E-state index in [0.717, 1.165) is 16.6 Å². The first-order valence-electron chi connectivity index (χ1n) is 6.88. The lowest BCUT2D eigenvalue weighted by atomic mass is 10.0. The van der Waals surface area contributed by atoms with Crippen molar-refractivity contribution in [1.82, 2.24) is 4.98 Å². The molecular formula is C18H15NO2S. The van der Waals surface area contributed by atoms with Crippen molar-refractivity contribution in [3.8, 4) is 11.3 Å². The molecule has 4 heteroatoms. The number of carboxylic acids is 1. The number of thioether (sulfide) groups is 1. The second-order valence-electron chi connectivity index (χ2n) is 5.06. The summed E-state index contributed by atoms with van der Waals surface area (Å²) < 4.78 is 0. The molecule has 0 fully saturated rings. The van der Waals surface area contributed by atoms with Crippen LogP contribution in [0.2, 0.25) is 0 Å². The van der Waals surface area contributed by atoms with Crippen LogP contribution in [0.4, 0.5) is 0 Å². The third-order valence-electron chi connectivity index (χ3n) is 3.66. The van der Waals surface area contributed by atoms with E-state index in [0.29, 0.717) is 11.1 Å². The number of hydrogen-bond donors (Lipinski definition) is 1. The number of pyridine rings is 1. The Labute approximate surface area is 133 Å². The normalized spacial score (nSPS) is 10.8. The van der Waals surface area contributed by atoms with Gasteiger partial charge in [-0.3, -0.25) is 0 Å². The Hall–Kier alpha value is -2.33. The minimum absolute atomic E-state index is 0.289. The predicted octanol–water partition coefficient (Wildman–Crippen LogP) is 4.63. The van der Waals surface area contributed by atoms with E-state index >= 15 is 0 Å². The smallest absolute Gasteiger partial charge is 0.336 e. The Morgan fingerprint density at radius 1 is 1.14 bits per heavy atom. The Morgan fingerprint density at radius 2 is 1.86 bits per heavy atom.